The fraction of sp³-hybridized carbons (Fsp3) is 1.00. The van der Waals surface area contributed by atoms with Crippen molar-refractivity contribution < 1.29 is 9.47 Å². The minimum atomic E-state index is -0.274. The van der Waals surface area contributed by atoms with E-state index in [2.05, 4.69) is 32.8 Å². The van der Waals surface area contributed by atoms with E-state index in [1.165, 1.54) is 0 Å². The normalized spacial score (nSPS) is 25.0. The number of ether oxygens (including phenoxy) is 2. The van der Waals surface area contributed by atoms with E-state index in [9.17, 15) is 0 Å². The first-order chi connectivity index (χ1) is 7.12. The molecule has 0 bridgehead atoms. The molecule has 1 atom stereocenters. The van der Waals surface area contributed by atoms with Gasteiger partial charge < -0.3 is 14.4 Å². The highest BCUT2D eigenvalue weighted by Gasteiger charge is 2.39. The van der Waals surface area contributed by atoms with Gasteiger partial charge in [-0.25, -0.2) is 0 Å². The average molecular weight is 215 g/mol. The summed E-state index contributed by atoms with van der Waals surface area (Å²) in [6, 6.07) is 0. The first-order valence-corrected chi connectivity index (χ1v) is 6.08. The van der Waals surface area contributed by atoms with Gasteiger partial charge in [-0.3, -0.25) is 0 Å². The summed E-state index contributed by atoms with van der Waals surface area (Å²) < 4.78 is 12.0. The van der Waals surface area contributed by atoms with Gasteiger partial charge in [0.1, 0.15) is 0 Å². The van der Waals surface area contributed by atoms with Crippen LogP contribution in [0, 0.1) is 0 Å². The molecule has 0 amide bonds. The van der Waals surface area contributed by atoms with Crippen LogP contribution in [0.5, 0.6) is 0 Å². The van der Waals surface area contributed by atoms with E-state index in [1.807, 2.05) is 0 Å². The van der Waals surface area contributed by atoms with Gasteiger partial charge in [-0.2, -0.15) is 0 Å². The van der Waals surface area contributed by atoms with E-state index < -0.39 is 0 Å². The summed E-state index contributed by atoms with van der Waals surface area (Å²) in [5, 5.41) is 0. The maximum atomic E-state index is 6.08. The molecule has 1 fully saturated rings. The van der Waals surface area contributed by atoms with Crippen LogP contribution in [0.25, 0.3) is 0 Å². The van der Waals surface area contributed by atoms with Crippen LogP contribution in [0.1, 0.15) is 39.5 Å². The van der Waals surface area contributed by atoms with Gasteiger partial charge in [0.25, 0.3) is 0 Å². The van der Waals surface area contributed by atoms with Gasteiger partial charge in [0.15, 0.2) is 5.79 Å². The third-order valence-electron chi connectivity index (χ3n) is 2.74. The second-order valence-electron chi connectivity index (χ2n) is 4.72. The average Bonchev–Trinajstić information content (AvgIpc) is 2.49. The molecule has 3 nitrogen and oxygen atoms in total. The van der Waals surface area contributed by atoms with Crippen molar-refractivity contribution in [2.75, 3.05) is 27.2 Å². The Morgan fingerprint density at radius 1 is 1.20 bits per heavy atom. The molecule has 0 saturated carbocycles. The molecule has 1 saturated heterocycles. The lowest BCUT2D eigenvalue weighted by atomic mass is 10.1. The highest BCUT2D eigenvalue weighted by molar-refractivity contribution is 4.79. The van der Waals surface area contributed by atoms with Crippen molar-refractivity contribution in [3.05, 3.63) is 0 Å². The zero-order valence-corrected chi connectivity index (χ0v) is 10.6. The third-order valence-corrected chi connectivity index (χ3v) is 2.74. The SMILES string of the molecule is CCCC1(CCC)OCC(CN(C)C)O1. The summed E-state index contributed by atoms with van der Waals surface area (Å²) in [5.41, 5.74) is 0. The summed E-state index contributed by atoms with van der Waals surface area (Å²) in [7, 11) is 4.14. The van der Waals surface area contributed by atoms with Gasteiger partial charge in [-0.05, 0) is 14.1 Å². The smallest absolute Gasteiger partial charge is 0.168 e. The Labute approximate surface area is 93.7 Å². The van der Waals surface area contributed by atoms with Crippen LogP contribution < -0.4 is 0 Å². The molecule has 1 rings (SSSR count). The highest BCUT2D eigenvalue weighted by atomic mass is 16.7. The van der Waals surface area contributed by atoms with Gasteiger partial charge in [-0.15, -0.1) is 0 Å². The number of nitrogens with zero attached hydrogens (tertiary/aromatic N) is 1. The maximum absolute atomic E-state index is 6.08. The predicted octanol–water partition coefficient (Wildman–Crippen LogP) is 2.26. The summed E-state index contributed by atoms with van der Waals surface area (Å²) in [4.78, 5) is 2.15. The molecule has 15 heavy (non-hydrogen) atoms. The Balaban J connectivity index is 2.47. The quantitative estimate of drug-likeness (QED) is 0.678. The van der Waals surface area contributed by atoms with Gasteiger partial charge in [-0.1, -0.05) is 26.7 Å². The molecule has 90 valence electrons. The van der Waals surface area contributed by atoms with Crippen molar-refractivity contribution in [3.63, 3.8) is 0 Å². The van der Waals surface area contributed by atoms with Crippen LogP contribution in [0.15, 0.2) is 0 Å². The van der Waals surface area contributed by atoms with E-state index >= 15 is 0 Å². The number of rotatable bonds is 6. The molecule has 0 aliphatic carbocycles. The monoisotopic (exact) mass is 215 g/mol. The topological polar surface area (TPSA) is 21.7 Å². The van der Waals surface area contributed by atoms with Gasteiger partial charge in [0, 0.05) is 19.4 Å². The zero-order chi connectivity index (χ0) is 11.3. The summed E-state index contributed by atoms with van der Waals surface area (Å²) in [6.45, 7) is 6.07. The largest absolute Gasteiger partial charge is 0.347 e. The lowest BCUT2D eigenvalue weighted by Crippen LogP contribution is -2.33. The van der Waals surface area contributed by atoms with Crippen LogP contribution in [-0.2, 0) is 9.47 Å². The van der Waals surface area contributed by atoms with Crippen LogP contribution in [0.3, 0.4) is 0 Å². The van der Waals surface area contributed by atoms with E-state index in [0.29, 0.717) is 0 Å². The minimum absolute atomic E-state index is 0.248. The number of likely N-dealkylation sites (N-methyl/N-ethyl adjacent to an activating group) is 1. The molecular formula is C12H25NO2. The van der Waals surface area contributed by atoms with E-state index in [1.54, 1.807) is 0 Å². The van der Waals surface area contributed by atoms with Crippen molar-refractivity contribution in [2.45, 2.75) is 51.4 Å². The van der Waals surface area contributed by atoms with Crippen LogP contribution in [-0.4, -0.2) is 44.0 Å². The Morgan fingerprint density at radius 2 is 1.80 bits per heavy atom. The standard InChI is InChI=1S/C12H25NO2/c1-5-7-12(8-6-2)14-10-11(15-12)9-13(3)4/h11H,5-10H2,1-4H3. The molecule has 0 aromatic carbocycles. The second kappa shape index (κ2) is 5.83. The lowest BCUT2D eigenvalue weighted by molar-refractivity contribution is -0.178. The molecule has 0 radical (unpaired) electrons. The molecule has 0 aromatic heterocycles. The fourth-order valence-corrected chi connectivity index (χ4v) is 2.26. The van der Waals surface area contributed by atoms with Crippen molar-refractivity contribution in [1.82, 2.24) is 4.90 Å². The van der Waals surface area contributed by atoms with Crippen molar-refractivity contribution >= 4 is 0 Å². The third kappa shape index (κ3) is 3.74. The Hall–Kier alpha value is -0.120. The van der Waals surface area contributed by atoms with Gasteiger partial charge >= 0.3 is 0 Å². The van der Waals surface area contributed by atoms with Crippen molar-refractivity contribution in [1.29, 1.82) is 0 Å². The molecule has 0 N–H and O–H groups in total. The van der Waals surface area contributed by atoms with Crippen LogP contribution in [0.2, 0.25) is 0 Å². The summed E-state index contributed by atoms with van der Waals surface area (Å²) in [5.74, 6) is -0.274. The Morgan fingerprint density at radius 3 is 2.27 bits per heavy atom. The molecule has 0 aromatic rings. The number of hydrogen-bond acceptors (Lipinski definition) is 3. The summed E-state index contributed by atoms with van der Waals surface area (Å²) >= 11 is 0. The van der Waals surface area contributed by atoms with Crippen LogP contribution >= 0.6 is 0 Å². The van der Waals surface area contributed by atoms with E-state index in [-0.39, 0.29) is 11.9 Å². The number of hydrogen-bond donors (Lipinski definition) is 0. The Bertz CT molecular complexity index is 176. The van der Waals surface area contributed by atoms with Gasteiger partial charge in [0.05, 0.1) is 12.7 Å². The molecular weight excluding hydrogens is 190 g/mol. The first-order valence-electron chi connectivity index (χ1n) is 6.08. The predicted molar refractivity (Wildman–Crippen MR) is 61.9 cm³/mol. The molecule has 1 heterocycles. The summed E-state index contributed by atoms with van der Waals surface area (Å²) in [6.07, 6.45) is 4.52. The molecule has 0 spiro atoms. The zero-order valence-electron chi connectivity index (χ0n) is 10.6. The van der Waals surface area contributed by atoms with Crippen molar-refractivity contribution in [2.24, 2.45) is 0 Å². The minimum Gasteiger partial charge on any atom is -0.347 e. The second-order valence-corrected chi connectivity index (χ2v) is 4.72. The molecule has 1 aliphatic rings. The molecule has 3 heteroatoms. The molecule has 1 aliphatic heterocycles. The first kappa shape index (κ1) is 12.9. The van der Waals surface area contributed by atoms with Crippen molar-refractivity contribution in [3.8, 4) is 0 Å². The van der Waals surface area contributed by atoms with Crippen LogP contribution in [0.4, 0.5) is 0 Å². The fourth-order valence-electron chi connectivity index (χ4n) is 2.26. The van der Waals surface area contributed by atoms with Gasteiger partial charge in [0.2, 0.25) is 0 Å². The van der Waals surface area contributed by atoms with E-state index in [4.69, 9.17) is 9.47 Å². The maximum Gasteiger partial charge on any atom is 0.168 e. The molecule has 1 unspecified atom stereocenters. The Kier molecular flexibility index (Phi) is 5.03. The lowest BCUT2D eigenvalue weighted by Gasteiger charge is -2.27. The van der Waals surface area contributed by atoms with E-state index in [0.717, 1.165) is 38.8 Å². The highest BCUT2D eigenvalue weighted by Crippen LogP contribution is 2.32.